The molecule has 0 unspecified atom stereocenters. The van der Waals surface area contributed by atoms with Crippen molar-refractivity contribution < 1.29 is 27.5 Å². The maximum absolute atomic E-state index is 13.5. The average Bonchev–Trinajstić information content (AvgIpc) is 2.53. The Labute approximate surface area is 137 Å². The van der Waals surface area contributed by atoms with E-state index in [9.17, 15) is 22.4 Å². The predicted octanol–water partition coefficient (Wildman–Crippen LogP) is 1.45. The molecule has 0 spiro atoms. The van der Waals surface area contributed by atoms with Crippen LogP contribution in [0.1, 0.15) is 20.7 Å². The Morgan fingerprint density at radius 1 is 1.12 bits per heavy atom. The van der Waals surface area contributed by atoms with Crippen LogP contribution in [-0.4, -0.2) is 32.4 Å². The van der Waals surface area contributed by atoms with E-state index < -0.39 is 38.2 Å². The first-order chi connectivity index (χ1) is 11.2. The van der Waals surface area contributed by atoms with Gasteiger partial charge in [-0.15, -0.1) is 0 Å². The summed E-state index contributed by atoms with van der Waals surface area (Å²) in [5, 5.41) is 8.92. The molecular formula is C15H13FN2O5S. The van der Waals surface area contributed by atoms with Crippen molar-refractivity contribution in [2.24, 2.45) is 5.73 Å². The number of carboxylic acids is 1. The molecule has 0 saturated carbocycles. The summed E-state index contributed by atoms with van der Waals surface area (Å²) in [5.41, 5.74) is 4.46. The zero-order valence-electron chi connectivity index (χ0n) is 12.4. The van der Waals surface area contributed by atoms with E-state index in [1.807, 2.05) is 0 Å². The summed E-state index contributed by atoms with van der Waals surface area (Å²) in [6.07, 6.45) is 0. The summed E-state index contributed by atoms with van der Waals surface area (Å²) in [6.45, 7) is 0. The smallest absolute Gasteiger partial charge is 0.338 e. The number of carboxylic acid groups (broad SMARTS) is 1. The zero-order chi connectivity index (χ0) is 18.1. The average molecular weight is 352 g/mol. The normalized spacial score (nSPS) is 11.1. The number of primary amides is 1. The van der Waals surface area contributed by atoms with Gasteiger partial charge in [0.1, 0.15) is 5.82 Å². The first-order valence-corrected chi connectivity index (χ1v) is 8.01. The lowest BCUT2D eigenvalue weighted by Gasteiger charge is -2.21. The number of para-hydroxylation sites is 1. The van der Waals surface area contributed by atoms with Gasteiger partial charge in [0, 0.05) is 7.05 Å². The summed E-state index contributed by atoms with van der Waals surface area (Å²) in [5.74, 6) is -3.47. The summed E-state index contributed by atoms with van der Waals surface area (Å²) in [4.78, 5) is 22.0. The van der Waals surface area contributed by atoms with Gasteiger partial charge in [-0.2, -0.15) is 0 Å². The third kappa shape index (κ3) is 3.06. The van der Waals surface area contributed by atoms with Gasteiger partial charge >= 0.3 is 5.97 Å². The molecule has 0 aromatic heterocycles. The third-order valence-electron chi connectivity index (χ3n) is 3.34. The van der Waals surface area contributed by atoms with Crippen molar-refractivity contribution in [2.75, 3.05) is 11.4 Å². The number of benzene rings is 2. The molecule has 126 valence electrons. The molecule has 0 bridgehead atoms. The van der Waals surface area contributed by atoms with Gasteiger partial charge in [-0.05, 0) is 30.3 Å². The highest BCUT2D eigenvalue weighted by Crippen LogP contribution is 2.26. The number of anilines is 1. The van der Waals surface area contributed by atoms with Gasteiger partial charge in [-0.25, -0.2) is 17.6 Å². The number of halogens is 1. The van der Waals surface area contributed by atoms with Crippen LogP contribution in [0.25, 0.3) is 0 Å². The van der Waals surface area contributed by atoms with E-state index in [1.165, 1.54) is 31.3 Å². The molecule has 1 amide bonds. The molecule has 0 aliphatic rings. The third-order valence-corrected chi connectivity index (χ3v) is 5.10. The van der Waals surface area contributed by atoms with Crippen LogP contribution in [0.4, 0.5) is 10.1 Å². The van der Waals surface area contributed by atoms with E-state index in [0.29, 0.717) is 0 Å². The minimum atomic E-state index is -4.23. The van der Waals surface area contributed by atoms with Crippen molar-refractivity contribution in [1.82, 2.24) is 0 Å². The van der Waals surface area contributed by atoms with E-state index in [-0.39, 0.29) is 11.3 Å². The highest BCUT2D eigenvalue weighted by Gasteiger charge is 2.26. The van der Waals surface area contributed by atoms with Crippen LogP contribution in [0.5, 0.6) is 0 Å². The van der Waals surface area contributed by atoms with E-state index in [1.54, 1.807) is 0 Å². The topological polar surface area (TPSA) is 118 Å². The Bertz CT molecular complexity index is 927. The second-order valence-electron chi connectivity index (χ2n) is 4.80. The fourth-order valence-corrected chi connectivity index (χ4v) is 3.31. The van der Waals surface area contributed by atoms with E-state index in [4.69, 9.17) is 10.8 Å². The van der Waals surface area contributed by atoms with Crippen molar-refractivity contribution in [3.05, 3.63) is 59.4 Å². The van der Waals surface area contributed by atoms with Crippen molar-refractivity contribution in [1.29, 1.82) is 0 Å². The van der Waals surface area contributed by atoms with Gasteiger partial charge in [0.15, 0.2) is 0 Å². The number of hydrogen-bond donors (Lipinski definition) is 2. The number of hydrogen-bond acceptors (Lipinski definition) is 4. The summed E-state index contributed by atoms with van der Waals surface area (Å²) >= 11 is 0. The number of amides is 1. The number of aromatic carboxylic acids is 1. The number of nitrogens with zero attached hydrogens (tertiary/aromatic N) is 1. The van der Waals surface area contributed by atoms with Crippen LogP contribution < -0.4 is 10.0 Å². The van der Waals surface area contributed by atoms with Crippen LogP contribution >= 0.6 is 0 Å². The van der Waals surface area contributed by atoms with Gasteiger partial charge in [0.05, 0.1) is 21.7 Å². The molecule has 2 aromatic rings. The van der Waals surface area contributed by atoms with Gasteiger partial charge < -0.3 is 10.8 Å². The van der Waals surface area contributed by atoms with E-state index >= 15 is 0 Å². The van der Waals surface area contributed by atoms with Crippen molar-refractivity contribution in [3.63, 3.8) is 0 Å². The molecule has 3 N–H and O–H groups in total. The molecule has 0 atom stereocenters. The summed E-state index contributed by atoms with van der Waals surface area (Å²) in [7, 11) is -3.04. The lowest BCUT2D eigenvalue weighted by atomic mass is 10.2. The lowest BCUT2D eigenvalue weighted by molar-refractivity contribution is 0.0691. The Hall–Kier alpha value is -2.94. The minimum Gasteiger partial charge on any atom is -0.478 e. The second-order valence-corrected chi connectivity index (χ2v) is 6.77. The number of carbonyl (C=O) groups is 2. The van der Waals surface area contributed by atoms with Crippen molar-refractivity contribution in [3.8, 4) is 0 Å². The van der Waals surface area contributed by atoms with Crippen LogP contribution in [0.2, 0.25) is 0 Å². The summed E-state index contributed by atoms with van der Waals surface area (Å²) in [6, 6.07) is 8.18. The number of sulfonamides is 1. The molecule has 7 nitrogen and oxygen atoms in total. The maximum atomic E-state index is 13.5. The molecule has 9 heteroatoms. The zero-order valence-corrected chi connectivity index (χ0v) is 13.2. The fourth-order valence-electron chi connectivity index (χ4n) is 2.07. The largest absolute Gasteiger partial charge is 0.478 e. The number of nitrogens with two attached hydrogens (primary N) is 1. The molecule has 2 aromatic carbocycles. The van der Waals surface area contributed by atoms with Crippen LogP contribution in [0, 0.1) is 5.82 Å². The molecular weight excluding hydrogens is 339 g/mol. The van der Waals surface area contributed by atoms with Gasteiger partial charge in [-0.3, -0.25) is 9.10 Å². The van der Waals surface area contributed by atoms with Crippen LogP contribution in [0.3, 0.4) is 0 Å². The number of carbonyl (C=O) groups excluding carboxylic acids is 1. The quantitative estimate of drug-likeness (QED) is 0.844. The maximum Gasteiger partial charge on any atom is 0.338 e. The standard InChI is InChI=1S/C15H13FN2O5S/c1-18(13-5-3-2-4-10(13)14(17)19)24(22,23)9-6-7-12(16)11(8-9)15(20)21/h2-8H,1H3,(H2,17,19)(H,20,21). The second kappa shape index (κ2) is 6.28. The highest BCUT2D eigenvalue weighted by molar-refractivity contribution is 7.92. The molecule has 0 fully saturated rings. The van der Waals surface area contributed by atoms with Gasteiger partial charge in [-0.1, -0.05) is 12.1 Å². The first kappa shape index (κ1) is 17.4. The van der Waals surface area contributed by atoms with Crippen molar-refractivity contribution in [2.45, 2.75) is 4.90 Å². The molecule has 2 rings (SSSR count). The molecule has 24 heavy (non-hydrogen) atoms. The van der Waals surface area contributed by atoms with Gasteiger partial charge in [0.2, 0.25) is 0 Å². The number of rotatable bonds is 5. The molecule has 0 aliphatic heterocycles. The minimum absolute atomic E-state index is 0.0196. The van der Waals surface area contributed by atoms with Gasteiger partial charge in [0.25, 0.3) is 15.9 Å². The SMILES string of the molecule is CN(c1ccccc1C(N)=O)S(=O)(=O)c1ccc(F)c(C(=O)O)c1. The molecule has 0 radical (unpaired) electrons. The van der Waals surface area contributed by atoms with E-state index in [0.717, 1.165) is 22.5 Å². The predicted molar refractivity (Wildman–Crippen MR) is 83.9 cm³/mol. The Morgan fingerprint density at radius 3 is 2.33 bits per heavy atom. The Balaban J connectivity index is 2.58. The molecule has 0 heterocycles. The lowest BCUT2D eigenvalue weighted by Crippen LogP contribution is -2.29. The van der Waals surface area contributed by atoms with Crippen molar-refractivity contribution >= 4 is 27.6 Å². The van der Waals surface area contributed by atoms with Crippen LogP contribution in [-0.2, 0) is 10.0 Å². The van der Waals surface area contributed by atoms with Crippen LogP contribution in [0.15, 0.2) is 47.4 Å². The highest BCUT2D eigenvalue weighted by atomic mass is 32.2. The fraction of sp³-hybridized carbons (Fsp3) is 0.0667. The monoisotopic (exact) mass is 352 g/mol. The Morgan fingerprint density at radius 2 is 1.75 bits per heavy atom. The summed E-state index contributed by atoms with van der Waals surface area (Å²) < 4.78 is 39.5. The molecule has 0 aliphatic carbocycles. The first-order valence-electron chi connectivity index (χ1n) is 6.57. The Kier molecular flexibility index (Phi) is 4.56. The van der Waals surface area contributed by atoms with E-state index in [2.05, 4.69) is 0 Å². The molecule has 0 saturated heterocycles.